The van der Waals surface area contributed by atoms with Crippen LogP contribution in [0.1, 0.15) is 33.3 Å². The van der Waals surface area contributed by atoms with Crippen LogP contribution in [0.3, 0.4) is 0 Å². The van der Waals surface area contributed by atoms with Gasteiger partial charge in [-0.2, -0.15) is 0 Å². The number of hydrogen-bond acceptors (Lipinski definition) is 5. The molecule has 2 N–H and O–H groups in total. The van der Waals surface area contributed by atoms with Crippen LogP contribution in [0.15, 0.2) is 18.2 Å². The quantitative estimate of drug-likeness (QED) is 0.643. The van der Waals surface area contributed by atoms with E-state index in [1.165, 1.54) is 6.07 Å². The minimum absolute atomic E-state index is 0.0478. The maximum absolute atomic E-state index is 11.6. The van der Waals surface area contributed by atoms with E-state index in [0.29, 0.717) is 12.1 Å². The minimum Gasteiger partial charge on any atom is -0.444 e. The molecule has 0 aromatic heterocycles. The van der Waals surface area contributed by atoms with Crippen LogP contribution in [0.25, 0.3) is 0 Å². The van der Waals surface area contributed by atoms with Gasteiger partial charge in [0.1, 0.15) is 5.60 Å². The number of nitrogens with one attached hydrogen (secondary N) is 2. The van der Waals surface area contributed by atoms with E-state index in [1.807, 2.05) is 6.92 Å². The maximum Gasteiger partial charge on any atom is 0.407 e. The van der Waals surface area contributed by atoms with Gasteiger partial charge in [0.05, 0.1) is 4.92 Å². The summed E-state index contributed by atoms with van der Waals surface area (Å²) in [6.45, 7) is 9.36. The third-order valence-corrected chi connectivity index (χ3v) is 2.76. The van der Waals surface area contributed by atoms with Gasteiger partial charge in [-0.15, -0.1) is 0 Å². The van der Waals surface area contributed by atoms with Crippen molar-refractivity contribution in [2.45, 2.75) is 46.3 Å². The molecule has 0 radical (unpaired) electrons. The van der Waals surface area contributed by atoms with Crippen LogP contribution in [-0.4, -0.2) is 29.2 Å². The number of ether oxygens (including phenoxy) is 1. The lowest BCUT2D eigenvalue weighted by Gasteiger charge is -2.21. The molecule has 0 bridgehead atoms. The van der Waals surface area contributed by atoms with Crippen LogP contribution >= 0.6 is 0 Å². The summed E-state index contributed by atoms with van der Waals surface area (Å²) in [4.78, 5) is 21.9. The number of carbonyl (C=O) groups is 1. The Hall–Kier alpha value is -2.31. The van der Waals surface area contributed by atoms with E-state index in [1.54, 1.807) is 39.8 Å². The zero-order valence-corrected chi connectivity index (χ0v) is 13.6. The molecule has 7 heteroatoms. The molecule has 1 unspecified atom stereocenters. The summed E-state index contributed by atoms with van der Waals surface area (Å²) in [5.74, 6) is 0. The van der Waals surface area contributed by atoms with Gasteiger partial charge in [0, 0.05) is 29.9 Å². The number of carbonyl (C=O) groups excluding carboxylic acids is 1. The second kappa shape index (κ2) is 7.11. The number of anilines is 1. The lowest BCUT2D eigenvalue weighted by atomic mass is 10.1. The van der Waals surface area contributed by atoms with Gasteiger partial charge >= 0.3 is 6.09 Å². The lowest BCUT2D eigenvalue weighted by Crippen LogP contribution is -2.38. The van der Waals surface area contributed by atoms with Crippen molar-refractivity contribution in [1.82, 2.24) is 5.32 Å². The van der Waals surface area contributed by atoms with E-state index in [4.69, 9.17) is 4.74 Å². The predicted molar refractivity (Wildman–Crippen MR) is 85.2 cm³/mol. The molecule has 22 heavy (non-hydrogen) atoms. The standard InChI is InChI=1S/C15H23N3O4/c1-10-8-12(6-7-13(10)18(20)21)17-11(2)9-16-14(19)22-15(3,4)5/h6-8,11,17H,9H2,1-5H3,(H,16,19). The summed E-state index contributed by atoms with van der Waals surface area (Å²) in [6.07, 6.45) is -0.471. The number of amides is 1. The summed E-state index contributed by atoms with van der Waals surface area (Å²) in [6, 6.07) is 4.77. The van der Waals surface area contributed by atoms with E-state index < -0.39 is 16.6 Å². The van der Waals surface area contributed by atoms with Crippen molar-refractivity contribution in [1.29, 1.82) is 0 Å². The first-order valence-corrected chi connectivity index (χ1v) is 7.07. The molecule has 0 heterocycles. The zero-order valence-electron chi connectivity index (χ0n) is 13.6. The number of nitro groups is 1. The van der Waals surface area contributed by atoms with Crippen LogP contribution < -0.4 is 10.6 Å². The van der Waals surface area contributed by atoms with Crippen LogP contribution in [0.5, 0.6) is 0 Å². The Balaban J connectivity index is 2.52. The highest BCUT2D eigenvalue weighted by Gasteiger charge is 2.16. The molecule has 1 amide bonds. The monoisotopic (exact) mass is 309 g/mol. The molecular formula is C15H23N3O4. The van der Waals surface area contributed by atoms with Crippen molar-refractivity contribution in [2.75, 3.05) is 11.9 Å². The molecule has 0 saturated carbocycles. The van der Waals surface area contributed by atoms with Gasteiger partial charge in [0.2, 0.25) is 0 Å². The van der Waals surface area contributed by atoms with E-state index >= 15 is 0 Å². The number of benzene rings is 1. The molecule has 1 rings (SSSR count). The molecule has 122 valence electrons. The van der Waals surface area contributed by atoms with Gasteiger partial charge in [0.25, 0.3) is 5.69 Å². The van der Waals surface area contributed by atoms with E-state index in [-0.39, 0.29) is 11.7 Å². The third kappa shape index (κ3) is 5.99. The van der Waals surface area contributed by atoms with Crippen molar-refractivity contribution in [3.05, 3.63) is 33.9 Å². The first-order valence-electron chi connectivity index (χ1n) is 7.07. The molecular weight excluding hydrogens is 286 g/mol. The number of nitrogens with zero attached hydrogens (tertiary/aromatic N) is 1. The maximum atomic E-state index is 11.6. The predicted octanol–water partition coefficient (Wildman–Crippen LogP) is 3.23. The fraction of sp³-hybridized carbons (Fsp3) is 0.533. The molecule has 0 fully saturated rings. The summed E-state index contributed by atoms with van der Waals surface area (Å²) >= 11 is 0. The molecule has 1 aromatic rings. The fourth-order valence-corrected chi connectivity index (χ4v) is 1.84. The van der Waals surface area contributed by atoms with Crippen molar-refractivity contribution in [2.24, 2.45) is 0 Å². The number of hydrogen-bond donors (Lipinski definition) is 2. The van der Waals surface area contributed by atoms with Gasteiger partial charge < -0.3 is 15.4 Å². The SMILES string of the molecule is Cc1cc(NC(C)CNC(=O)OC(C)(C)C)ccc1[N+](=O)[O-]. The average Bonchev–Trinajstić information content (AvgIpc) is 2.34. The van der Waals surface area contributed by atoms with E-state index in [9.17, 15) is 14.9 Å². The van der Waals surface area contributed by atoms with Crippen molar-refractivity contribution < 1.29 is 14.5 Å². The summed E-state index contributed by atoms with van der Waals surface area (Å²) < 4.78 is 5.15. The number of alkyl carbamates (subject to hydrolysis) is 1. The Morgan fingerprint density at radius 3 is 2.55 bits per heavy atom. The third-order valence-electron chi connectivity index (χ3n) is 2.76. The van der Waals surface area contributed by atoms with E-state index in [2.05, 4.69) is 10.6 Å². The summed E-state index contributed by atoms with van der Waals surface area (Å²) in [7, 11) is 0. The van der Waals surface area contributed by atoms with Crippen LogP contribution in [0.2, 0.25) is 0 Å². The van der Waals surface area contributed by atoms with Crippen molar-refractivity contribution in [3.8, 4) is 0 Å². The smallest absolute Gasteiger partial charge is 0.407 e. The lowest BCUT2D eigenvalue weighted by molar-refractivity contribution is -0.385. The number of rotatable bonds is 5. The molecule has 0 spiro atoms. The number of aryl methyl sites for hydroxylation is 1. The van der Waals surface area contributed by atoms with Gasteiger partial charge in [-0.05, 0) is 46.8 Å². The highest BCUT2D eigenvalue weighted by molar-refractivity contribution is 5.67. The second-order valence-electron chi connectivity index (χ2n) is 6.19. The number of nitro benzene ring substituents is 1. The molecule has 1 atom stereocenters. The Labute approximate surface area is 130 Å². The van der Waals surface area contributed by atoms with Crippen LogP contribution in [0.4, 0.5) is 16.2 Å². The van der Waals surface area contributed by atoms with Gasteiger partial charge in [-0.3, -0.25) is 10.1 Å². The Bertz CT molecular complexity index is 552. The Morgan fingerprint density at radius 2 is 2.05 bits per heavy atom. The summed E-state index contributed by atoms with van der Waals surface area (Å²) in [5, 5.41) is 16.6. The first-order chi connectivity index (χ1) is 10.1. The van der Waals surface area contributed by atoms with Gasteiger partial charge in [0.15, 0.2) is 0 Å². The fourth-order valence-electron chi connectivity index (χ4n) is 1.84. The molecule has 0 aliphatic heterocycles. The largest absolute Gasteiger partial charge is 0.444 e. The Kier molecular flexibility index (Phi) is 5.73. The topological polar surface area (TPSA) is 93.5 Å². The van der Waals surface area contributed by atoms with Crippen molar-refractivity contribution >= 4 is 17.5 Å². The van der Waals surface area contributed by atoms with E-state index in [0.717, 1.165) is 5.69 Å². The molecule has 0 saturated heterocycles. The zero-order chi connectivity index (χ0) is 16.9. The molecule has 1 aromatic carbocycles. The van der Waals surface area contributed by atoms with Crippen LogP contribution in [0, 0.1) is 17.0 Å². The first kappa shape index (κ1) is 17.7. The summed E-state index contributed by atoms with van der Waals surface area (Å²) in [5.41, 5.74) is 0.907. The molecule has 7 nitrogen and oxygen atoms in total. The molecule has 0 aliphatic carbocycles. The molecule has 0 aliphatic rings. The van der Waals surface area contributed by atoms with Gasteiger partial charge in [-0.25, -0.2) is 4.79 Å². The normalized spacial score (nSPS) is 12.4. The van der Waals surface area contributed by atoms with Crippen molar-refractivity contribution in [3.63, 3.8) is 0 Å². The minimum atomic E-state index is -0.532. The second-order valence-corrected chi connectivity index (χ2v) is 6.19. The Morgan fingerprint density at radius 1 is 1.41 bits per heavy atom. The van der Waals surface area contributed by atoms with Crippen LogP contribution in [-0.2, 0) is 4.74 Å². The van der Waals surface area contributed by atoms with Gasteiger partial charge in [-0.1, -0.05) is 0 Å². The highest BCUT2D eigenvalue weighted by Crippen LogP contribution is 2.21. The highest BCUT2D eigenvalue weighted by atomic mass is 16.6. The average molecular weight is 309 g/mol.